The minimum Gasteiger partial charge on any atom is -0.396 e. The molecule has 0 bridgehead atoms. The van der Waals surface area contributed by atoms with Crippen molar-refractivity contribution in [1.29, 1.82) is 0 Å². The van der Waals surface area contributed by atoms with E-state index in [4.69, 9.17) is 21.3 Å². The van der Waals surface area contributed by atoms with Gasteiger partial charge in [0.1, 0.15) is 0 Å². The Morgan fingerprint density at radius 2 is 1.59 bits per heavy atom. The van der Waals surface area contributed by atoms with Gasteiger partial charge in [0.05, 0.1) is 6.54 Å². The van der Waals surface area contributed by atoms with Crippen LogP contribution < -0.4 is 0 Å². The largest absolute Gasteiger partial charge is 0.396 e. The van der Waals surface area contributed by atoms with E-state index in [0.29, 0.717) is 13.1 Å². The highest BCUT2D eigenvalue weighted by atomic mass is 16.3. The normalized spacial score (nSPS) is 9.00. The molecular weight excluding hydrogens is 284 g/mol. The summed E-state index contributed by atoms with van der Waals surface area (Å²) in [5.41, 5.74) is 18.1. The van der Waals surface area contributed by atoms with Crippen molar-refractivity contribution in [3.05, 3.63) is 56.3 Å². The number of hydrogen-bond acceptors (Lipinski definition) is 4. The van der Waals surface area contributed by atoms with E-state index >= 15 is 0 Å². The Hall–Kier alpha value is -2.24. The van der Waals surface area contributed by atoms with Gasteiger partial charge in [-0.25, -0.2) is 0 Å². The van der Waals surface area contributed by atoms with Gasteiger partial charge in [0.2, 0.25) is 0 Å². The maximum Gasteiger partial charge on any atom is 0.0510 e. The maximum absolute atomic E-state index is 8.67. The van der Waals surface area contributed by atoms with Crippen molar-refractivity contribution < 1.29 is 10.2 Å². The first-order valence-corrected chi connectivity index (χ1v) is 7.09. The molecule has 1 aromatic carbocycles. The molecule has 0 saturated carbocycles. The van der Waals surface area contributed by atoms with Gasteiger partial charge in [-0.2, -0.15) is 0 Å². The molecule has 0 fully saturated rings. The lowest BCUT2D eigenvalue weighted by Crippen LogP contribution is -1.90. The summed E-state index contributed by atoms with van der Waals surface area (Å²) in [6.45, 7) is 1.28. The van der Waals surface area contributed by atoms with Crippen molar-refractivity contribution in [3.8, 4) is 0 Å². The van der Waals surface area contributed by atoms with Crippen LogP contribution in [-0.4, -0.2) is 30.0 Å². The Labute approximate surface area is 129 Å². The molecule has 120 valence electrons. The number of azide groups is 2. The van der Waals surface area contributed by atoms with Gasteiger partial charge < -0.3 is 10.2 Å². The average Bonchev–Trinajstić information content (AvgIpc) is 2.56. The molecule has 0 radical (unpaired) electrons. The predicted molar refractivity (Wildman–Crippen MR) is 85.0 cm³/mol. The molecular formula is C14H22N6O2. The summed E-state index contributed by atoms with van der Waals surface area (Å²) in [6, 6.07) is 7.88. The Morgan fingerprint density at radius 1 is 0.909 bits per heavy atom. The van der Waals surface area contributed by atoms with Crippen LogP contribution in [0.1, 0.15) is 30.4 Å². The highest BCUT2D eigenvalue weighted by Gasteiger charge is 1.94. The van der Waals surface area contributed by atoms with Crippen LogP contribution in [0.15, 0.2) is 34.5 Å². The molecule has 0 atom stereocenters. The van der Waals surface area contributed by atoms with Gasteiger partial charge in [0.15, 0.2) is 0 Å². The van der Waals surface area contributed by atoms with Crippen LogP contribution in [0.2, 0.25) is 0 Å². The zero-order valence-electron chi connectivity index (χ0n) is 12.5. The Balaban J connectivity index is 0.000000472. The number of rotatable bonds is 9. The van der Waals surface area contributed by atoms with Crippen molar-refractivity contribution in [3.63, 3.8) is 0 Å². The molecule has 0 aliphatic rings. The fourth-order valence-electron chi connectivity index (χ4n) is 1.62. The fourth-order valence-corrected chi connectivity index (χ4v) is 1.62. The van der Waals surface area contributed by atoms with Gasteiger partial charge in [-0.1, -0.05) is 34.5 Å². The molecule has 1 aromatic rings. The number of aryl methyl sites for hydroxylation is 1. The molecule has 0 spiro atoms. The summed E-state index contributed by atoms with van der Waals surface area (Å²) in [6.07, 6.45) is 3.13. The topological polar surface area (TPSA) is 138 Å². The van der Waals surface area contributed by atoms with Crippen molar-refractivity contribution >= 4 is 0 Å². The second-order valence-corrected chi connectivity index (χ2v) is 4.42. The van der Waals surface area contributed by atoms with E-state index < -0.39 is 0 Å². The third-order valence-electron chi connectivity index (χ3n) is 2.66. The van der Waals surface area contributed by atoms with Gasteiger partial charge in [-0.3, -0.25) is 0 Å². The monoisotopic (exact) mass is 306 g/mol. The molecule has 0 aliphatic carbocycles. The van der Waals surface area contributed by atoms with E-state index in [9.17, 15) is 0 Å². The quantitative estimate of drug-likeness (QED) is 0.312. The first kappa shape index (κ1) is 19.8. The van der Waals surface area contributed by atoms with E-state index in [1.807, 2.05) is 24.3 Å². The number of aliphatic hydroxyl groups is 2. The first-order chi connectivity index (χ1) is 10.8. The minimum absolute atomic E-state index is 0.181. The van der Waals surface area contributed by atoms with E-state index in [1.165, 1.54) is 5.56 Å². The van der Waals surface area contributed by atoms with Gasteiger partial charge in [-0.15, -0.1) is 0 Å². The van der Waals surface area contributed by atoms with Crippen molar-refractivity contribution in [2.45, 2.75) is 32.2 Å². The molecule has 8 heteroatoms. The summed E-state index contributed by atoms with van der Waals surface area (Å²) in [5, 5.41) is 23.7. The zero-order valence-corrected chi connectivity index (χ0v) is 12.5. The van der Waals surface area contributed by atoms with Gasteiger partial charge in [-0.05, 0) is 47.9 Å². The Morgan fingerprint density at radius 3 is 2.23 bits per heavy atom. The van der Waals surface area contributed by atoms with Crippen LogP contribution in [0, 0.1) is 0 Å². The Bertz CT molecular complexity index is 496. The SMILES string of the molecule is [N-]=[N+]=NCCCCO.[N-]=[N+]=NCc1cccc(CCCO)c1. The second-order valence-electron chi connectivity index (χ2n) is 4.42. The zero-order chi connectivity index (χ0) is 16.5. The van der Waals surface area contributed by atoms with Crippen LogP contribution in [-0.2, 0) is 13.0 Å². The van der Waals surface area contributed by atoms with Crippen molar-refractivity contribution in [1.82, 2.24) is 0 Å². The fraction of sp³-hybridized carbons (Fsp3) is 0.571. The number of hydrogen-bond donors (Lipinski definition) is 2. The van der Waals surface area contributed by atoms with Crippen LogP contribution in [0.4, 0.5) is 0 Å². The Kier molecular flexibility index (Phi) is 13.6. The summed E-state index contributed by atoms with van der Waals surface area (Å²) in [4.78, 5) is 5.26. The molecule has 0 heterocycles. The van der Waals surface area contributed by atoms with Crippen molar-refractivity contribution in [2.75, 3.05) is 19.8 Å². The van der Waals surface area contributed by atoms with Gasteiger partial charge in [0.25, 0.3) is 0 Å². The summed E-state index contributed by atoms with van der Waals surface area (Å²) in [5.74, 6) is 0. The molecule has 0 amide bonds. The number of benzene rings is 1. The van der Waals surface area contributed by atoms with E-state index in [1.54, 1.807) is 0 Å². The summed E-state index contributed by atoms with van der Waals surface area (Å²) < 4.78 is 0. The molecule has 8 nitrogen and oxygen atoms in total. The third kappa shape index (κ3) is 11.6. The molecule has 0 unspecified atom stereocenters. The molecule has 2 N–H and O–H groups in total. The molecule has 22 heavy (non-hydrogen) atoms. The lowest BCUT2D eigenvalue weighted by atomic mass is 10.1. The highest BCUT2D eigenvalue weighted by Crippen LogP contribution is 2.08. The highest BCUT2D eigenvalue weighted by molar-refractivity contribution is 5.23. The van der Waals surface area contributed by atoms with E-state index in [0.717, 1.165) is 31.2 Å². The third-order valence-corrected chi connectivity index (χ3v) is 2.66. The summed E-state index contributed by atoms with van der Waals surface area (Å²) >= 11 is 0. The average molecular weight is 306 g/mol. The number of aliphatic hydroxyl groups excluding tert-OH is 2. The minimum atomic E-state index is 0.181. The van der Waals surface area contributed by atoms with Crippen LogP contribution in [0.5, 0.6) is 0 Å². The summed E-state index contributed by atoms with van der Waals surface area (Å²) in [7, 11) is 0. The molecule has 0 aromatic heterocycles. The van der Waals surface area contributed by atoms with E-state index in [-0.39, 0.29) is 13.2 Å². The molecule has 0 aliphatic heterocycles. The number of unbranched alkanes of at least 4 members (excludes halogenated alkanes) is 1. The van der Waals surface area contributed by atoms with Crippen LogP contribution in [0.25, 0.3) is 20.9 Å². The lowest BCUT2D eigenvalue weighted by molar-refractivity contribution is 0.285. The lowest BCUT2D eigenvalue weighted by Gasteiger charge is -2.01. The molecule has 0 saturated heterocycles. The second kappa shape index (κ2) is 15.2. The predicted octanol–water partition coefficient (Wildman–Crippen LogP) is 3.49. The van der Waals surface area contributed by atoms with Crippen molar-refractivity contribution in [2.24, 2.45) is 10.2 Å². The van der Waals surface area contributed by atoms with Crippen LogP contribution in [0.3, 0.4) is 0 Å². The standard InChI is InChI=1S/C10H13N3O.C4H9N3O/c11-13-12-8-10-4-1-3-9(7-10)5-2-6-14;5-7-6-3-1-2-4-8/h1,3-4,7,14H,2,5-6,8H2;8H,1-4H2. The van der Waals surface area contributed by atoms with Gasteiger partial charge in [0, 0.05) is 29.6 Å². The van der Waals surface area contributed by atoms with Crippen LogP contribution >= 0.6 is 0 Å². The molecule has 1 rings (SSSR count). The number of nitrogens with zero attached hydrogens (tertiary/aromatic N) is 6. The smallest absolute Gasteiger partial charge is 0.0510 e. The van der Waals surface area contributed by atoms with E-state index in [2.05, 4.69) is 20.1 Å². The first-order valence-electron chi connectivity index (χ1n) is 7.09. The van der Waals surface area contributed by atoms with Gasteiger partial charge >= 0.3 is 0 Å². The maximum atomic E-state index is 8.67.